The van der Waals surface area contributed by atoms with Crippen molar-refractivity contribution in [2.75, 3.05) is 13.9 Å². The molecule has 2 aromatic carbocycles. The van der Waals surface area contributed by atoms with Gasteiger partial charge in [-0.3, -0.25) is 9.59 Å². The van der Waals surface area contributed by atoms with Gasteiger partial charge in [0.2, 0.25) is 6.79 Å². The lowest BCUT2D eigenvalue weighted by atomic mass is 10.2. The monoisotopic (exact) mass is 406 g/mol. The molecule has 0 bridgehead atoms. The fraction of sp³-hybridized carbons (Fsp3) is 0.167. The maximum atomic E-state index is 13.9. The molecule has 0 radical (unpaired) electrons. The molecule has 1 amide bonds. The minimum absolute atomic E-state index is 0.0865. The van der Waals surface area contributed by atoms with Gasteiger partial charge in [0.05, 0.1) is 22.9 Å². The van der Waals surface area contributed by atoms with Crippen molar-refractivity contribution in [3.8, 4) is 11.5 Å². The standard InChI is InChI=1S/C18H12F2N2O5S/c1-25-16(23)7-22-12-5-13-14(27-8-26-13)6-15(12)28-18(22)21-17(24)10-3-2-9(19)4-11(10)20/h2-6H,7-8H2,1H3. The molecule has 144 valence electrons. The molecule has 7 nitrogen and oxygen atoms in total. The average Bonchev–Trinajstić information content (AvgIpc) is 3.24. The Morgan fingerprint density at radius 2 is 1.96 bits per heavy atom. The van der Waals surface area contributed by atoms with Gasteiger partial charge in [-0.25, -0.2) is 8.78 Å². The van der Waals surface area contributed by atoms with Gasteiger partial charge in [0, 0.05) is 18.2 Å². The van der Waals surface area contributed by atoms with E-state index in [2.05, 4.69) is 4.99 Å². The largest absolute Gasteiger partial charge is 0.468 e. The van der Waals surface area contributed by atoms with Crippen LogP contribution in [-0.2, 0) is 16.1 Å². The van der Waals surface area contributed by atoms with Crippen LogP contribution in [0.1, 0.15) is 10.4 Å². The molecule has 1 aliphatic rings. The van der Waals surface area contributed by atoms with Crippen LogP contribution >= 0.6 is 11.3 Å². The number of amides is 1. The van der Waals surface area contributed by atoms with Crippen LogP contribution in [0.4, 0.5) is 8.78 Å². The number of methoxy groups -OCH3 is 1. The Kier molecular flexibility index (Phi) is 4.55. The molecular weight excluding hydrogens is 394 g/mol. The molecular formula is C18H12F2N2O5S. The van der Waals surface area contributed by atoms with Crippen molar-refractivity contribution < 1.29 is 32.6 Å². The molecule has 0 saturated heterocycles. The highest BCUT2D eigenvalue weighted by molar-refractivity contribution is 7.16. The van der Waals surface area contributed by atoms with E-state index in [0.717, 1.165) is 23.5 Å². The van der Waals surface area contributed by atoms with Gasteiger partial charge in [0.1, 0.15) is 18.2 Å². The van der Waals surface area contributed by atoms with E-state index in [1.165, 1.54) is 11.7 Å². The molecule has 0 atom stereocenters. The molecule has 0 spiro atoms. The highest BCUT2D eigenvalue weighted by Crippen LogP contribution is 2.37. The predicted octanol–water partition coefficient (Wildman–Crippen LogP) is 2.62. The van der Waals surface area contributed by atoms with Crippen molar-refractivity contribution in [3.63, 3.8) is 0 Å². The Bertz CT molecular complexity index is 1180. The van der Waals surface area contributed by atoms with Gasteiger partial charge < -0.3 is 18.8 Å². The van der Waals surface area contributed by atoms with Crippen LogP contribution in [0, 0.1) is 11.6 Å². The van der Waals surface area contributed by atoms with Gasteiger partial charge in [-0.1, -0.05) is 11.3 Å². The smallest absolute Gasteiger partial charge is 0.325 e. The van der Waals surface area contributed by atoms with E-state index in [9.17, 15) is 18.4 Å². The average molecular weight is 406 g/mol. The van der Waals surface area contributed by atoms with Crippen LogP contribution in [0.25, 0.3) is 10.2 Å². The van der Waals surface area contributed by atoms with E-state index in [1.54, 1.807) is 12.1 Å². The van der Waals surface area contributed by atoms with Gasteiger partial charge in [-0.05, 0) is 12.1 Å². The van der Waals surface area contributed by atoms with Gasteiger partial charge in [-0.15, -0.1) is 0 Å². The third-order valence-electron chi connectivity index (χ3n) is 4.05. The fourth-order valence-electron chi connectivity index (χ4n) is 2.70. The first-order valence-corrected chi connectivity index (χ1v) is 8.82. The Morgan fingerprint density at radius 3 is 2.68 bits per heavy atom. The number of thiazole rings is 1. The molecule has 0 fully saturated rings. The third-order valence-corrected chi connectivity index (χ3v) is 5.09. The summed E-state index contributed by atoms with van der Waals surface area (Å²) in [4.78, 5) is 28.4. The summed E-state index contributed by atoms with van der Waals surface area (Å²) in [5, 5.41) is 0. The van der Waals surface area contributed by atoms with Crippen LogP contribution in [0.5, 0.6) is 11.5 Å². The highest BCUT2D eigenvalue weighted by Gasteiger charge is 2.20. The Morgan fingerprint density at radius 1 is 1.21 bits per heavy atom. The van der Waals surface area contributed by atoms with Crippen molar-refractivity contribution >= 4 is 33.4 Å². The Labute approximate surface area is 160 Å². The Hall–Kier alpha value is -3.27. The van der Waals surface area contributed by atoms with E-state index in [0.29, 0.717) is 27.8 Å². The number of hydrogen-bond acceptors (Lipinski definition) is 6. The molecule has 0 aliphatic carbocycles. The second-order valence-corrected chi connectivity index (χ2v) is 6.77. The molecule has 2 heterocycles. The fourth-order valence-corrected chi connectivity index (χ4v) is 3.74. The van der Waals surface area contributed by atoms with Crippen LogP contribution < -0.4 is 14.3 Å². The number of ether oxygens (including phenoxy) is 3. The van der Waals surface area contributed by atoms with Crippen LogP contribution in [0.2, 0.25) is 0 Å². The quantitative estimate of drug-likeness (QED) is 0.625. The number of fused-ring (bicyclic) bond motifs is 2. The van der Waals surface area contributed by atoms with Crippen molar-refractivity contribution in [1.29, 1.82) is 0 Å². The second-order valence-electron chi connectivity index (χ2n) is 5.76. The zero-order chi connectivity index (χ0) is 19.8. The molecule has 1 aromatic heterocycles. The van der Waals surface area contributed by atoms with E-state index in [4.69, 9.17) is 14.2 Å². The maximum absolute atomic E-state index is 13.9. The zero-order valence-electron chi connectivity index (χ0n) is 14.4. The number of benzene rings is 2. The molecule has 3 aromatic rings. The number of halogens is 2. The lowest BCUT2D eigenvalue weighted by Gasteiger charge is -2.04. The molecule has 10 heteroatoms. The molecule has 1 aliphatic heterocycles. The summed E-state index contributed by atoms with van der Waals surface area (Å²) in [5.41, 5.74) is 0.198. The summed E-state index contributed by atoms with van der Waals surface area (Å²) in [6.45, 7) is -0.128. The van der Waals surface area contributed by atoms with Crippen LogP contribution in [0.15, 0.2) is 35.3 Å². The predicted molar refractivity (Wildman–Crippen MR) is 94.2 cm³/mol. The van der Waals surface area contributed by atoms with E-state index in [-0.39, 0.29) is 23.7 Å². The number of carbonyl (C=O) groups excluding carboxylic acids is 2. The summed E-state index contributed by atoms with van der Waals surface area (Å²) in [7, 11) is 1.24. The lowest BCUT2D eigenvalue weighted by molar-refractivity contribution is -0.141. The summed E-state index contributed by atoms with van der Waals surface area (Å²) < 4.78 is 44.5. The molecule has 0 N–H and O–H groups in total. The molecule has 0 unspecified atom stereocenters. The molecule has 0 saturated carbocycles. The van der Waals surface area contributed by atoms with Crippen molar-refractivity contribution in [2.24, 2.45) is 4.99 Å². The summed E-state index contributed by atoms with van der Waals surface area (Å²) >= 11 is 1.11. The first kappa shape index (κ1) is 18.1. The summed E-state index contributed by atoms with van der Waals surface area (Å²) in [5.74, 6) is -2.25. The molecule has 4 rings (SSSR count). The SMILES string of the molecule is COC(=O)Cn1c(=NC(=O)c2ccc(F)cc2F)sc2cc3c(cc21)OCO3. The summed E-state index contributed by atoms with van der Waals surface area (Å²) in [6, 6.07) is 5.97. The lowest BCUT2D eigenvalue weighted by Crippen LogP contribution is -2.22. The summed E-state index contributed by atoms with van der Waals surface area (Å²) in [6.07, 6.45) is 0. The van der Waals surface area contributed by atoms with E-state index < -0.39 is 23.5 Å². The van der Waals surface area contributed by atoms with Gasteiger partial charge in [0.25, 0.3) is 5.91 Å². The number of esters is 1. The maximum Gasteiger partial charge on any atom is 0.325 e. The number of aromatic nitrogens is 1. The minimum atomic E-state index is -1.02. The number of hydrogen-bond donors (Lipinski definition) is 0. The van der Waals surface area contributed by atoms with Gasteiger partial charge in [0.15, 0.2) is 16.3 Å². The second kappa shape index (κ2) is 7.04. The highest BCUT2D eigenvalue weighted by atomic mass is 32.1. The van der Waals surface area contributed by atoms with Gasteiger partial charge in [-0.2, -0.15) is 4.99 Å². The topological polar surface area (TPSA) is 79.1 Å². The van der Waals surface area contributed by atoms with Crippen LogP contribution in [0.3, 0.4) is 0 Å². The molecule has 28 heavy (non-hydrogen) atoms. The normalized spacial score (nSPS) is 13.2. The Balaban J connectivity index is 1.87. The van der Waals surface area contributed by atoms with E-state index >= 15 is 0 Å². The van der Waals surface area contributed by atoms with Crippen molar-refractivity contribution in [1.82, 2.24) is 4.57 Å². The number of carbonyl (C=O) groups is 2. The first-order chi connectivity index (χ1) is 13.5. The third kappa shape index (κ3) is 3.22. The first-order valence-electron chi connectivity index (χ1n) is 8.00. The minimum Gasteiger partial charge on any atom is -0.468 e. The number of rotatable bonds is 3. The van der Waals surface area contributed by atoms with Crippen LogP contribution in [-0.4, -0.2) is 30.3 Å². The van der Waals surface area contributed by atoms with E-state index in [1.807, 2.05) is 0 Å². The van der Waals surface area contributed by atoms with Crippen molar-refractivity contribution in [2.45, 2.75) is 6.54 Å². The van der Waals surface area contributed by atoms with Gasteiger partial charge >= 0.3 is 5.97 Å². The van der Waals surface area contributed by atoms with Crippen molar-refractivity contribution in [3.05, 3.63) is 52.3 Å². The zero-order valence-corrected chi connectivity index (χ0v) is 15.2. The number of nitrogens with zero attached hydrogens (tertiary/aromatic N) is 2.